The molecule has 0 aromatic heterocycles. The highest BCUT2D eigenvalue weighted by molar-refractivity contribution is 7.91. The molecule has 1 saturated carbocycles. The lowest BCUT2D eigenvalue weighted by Gasteiger charge is -2.25. The SMILES string of the molecule is COc1c(F)c(S(N)(=O)=O)c(F)c(NC2CCCCCCC2)c1S(=O)(=O)CCCO. The molecule has 1 aliphatic rings. The van der Waals surface area contributed by atoms with Crippen molar-refractivity contribution < 1.29 is 35.5 Å². The van der Waals surface area contributed by atoms with Gasteiger partial charge in [-0.15, -0.1) is 0 Å². The predicted molar refractivity (Wildman–Crippen MR) is 108 cm³/mol. The third-order valence-corrected chi connectivity index (χ3v) is 7.84. The lowest BCUT2D eigenvalue weighted by Crippen LogP contribution is -2.26. The van der Waals surface area contributed by atoms with Crippen molar-refractivity contribution in [1.29, 1.82) is 0 Å². The maximum atomic E-state index is 15.3. The van der Waals surface area contributed by atoms with Gasteiger partial charge >= 0.3 is 0 Å². The number of ether oxygens (including phenoxy) is 1. The zero-order chi connectivity index (χ0) is 22.5. The minimum atomic E-state index is -4.86. The summed E-state index contributed by atoms with van der Waals surface area (Å²) in [5, 5.41) is 16.8. The van der Waals surface area contributed by atoms with Crippen molar-refractivity contribution in [2.45, 2.75) is 67.2 Å². The topological polar surface area (TPSA) is 136 Å². The average Bonchev–Trinajstić information content (AvgIpc) is 2.62. The van der Waals surface area contributed by atoms with Crippen LogP contribution in [-0.4, -0.2) is 47.5 Å². The van der Waals surface area contributed by atoms with E-state index in [1.54, 1.807) is 0 Å². The normalized spacial score (nSPS) is 16.7. The fourth-order valence-electron chi connectivity index (χ4n) is 3.64. The van der Waals surface area contributed by atoms with Crippen LogP contribution in [0.4, 0.5) is 14.5 Å². The summed E-state index contributed by atoms with van der Waals surface area (Å²) >= 11 is 0. The van der Waals surface area contributed by atoms with Crippen molar-refractivity contribution in [1.82, 2.24) is 0 Å². The number of aliphatic hydroxyl groups is 1. The van der Waals surface area contributed by atoms with E-state index in [-0.39, 0.29) is 12.5 Å². The van der Waals surface area contributed by atoms with Gasteiger partial charge in [-0.3, -0.25) is 0 Å². The molecule has 0 amide bonds. The number of halogens is 2. The van der Waals surface area contributed by atoms with Crippen LogP contribution in [-0.2, 0) is 19.9 Å². The lowest BCUT2D eigenvalue weighted by atomic mass is 9.96. The van der Waals surface area contributed by atoms with E-state index in [1.165, 1.54) is 0 Å². The van der Waals surface area contributed by atoms with Gasteiger partial charge in [0, 0.05) is 12.6 Å². The summed E-state index contributed by atoms with van der Waals surface area (Å²) in [4.78, 5) is -2.25. The Bertz CT molecular complexity index is 960. The summed E-state index contributed by atoms with van der Waals surface area (Å²) < 4.78 is 84.4. The maximum Gasteiger partial charge on any atom is 0.244 e. The van der Waals surface area contributed by atoms with Crippen LogP contribution in [0.5, 0.6) is 5.75 Å². The molecule has 0 aliphatic heterocycles. The maximum absolute atomic E-state index is 15.3. The van der Waals surface area contributed by atoms with Crippen molar-refractivity contribution in [3.63, 3.8) is 0 Å². The number of hydrogen-bond donors (Lipinski definition) is 3. The molecule has 30 heavy (non-hydrogen) atoms. The van der Waals surface area contributed by atoms with Gasteiger partial charge in [0.05, 0.1) is 18.6 Å². The zero-order valence-electron chi connectivity index (χ0n) is 16.8. The van der Waals surface area contributed by atoms with E-state index < -0.39 is 65.1 Å². The summed E-state index contributed by atoms with van der Waals surface area (Å²) in [6.45, 7) is -0.451. The van der Waals surface area contributed by atoms with Crippen LogP contribution in [0.2, 0.25) is 0 Å². The molecular formula is C18H28F2N2O6S2. The number of primary sulfonamides is 1. The van der Waals surface area contributed by atoms with Crippen LogP contribution >= 0.6 is 0 Å². The fourth-order valence-corrected chi connectivity index (χ4v) is 5.97. The number of rotatable bonds is 8. The predicted octanol–water partition coefficient (Wildman–Crippen LogP) is 2.30. The number of sulfonamides is 1. The number of nitrogens with one attached hydrogen (secondary N) is 1. The molecule has 1 fully saturated rings. The van der Waals surface area contributed by atoms with Gasteiger partial charge in [0.2, 0.25) is 10.0 Å². The number of benzene rings is 1. The third-order valence-electron chi connectivity index (χ3n) is 5.08. The van der Waals surface area contributed by atoms with Crippen molar-refractivity contribution in [3.8, 4) is 5.75 Å². The second-order valence-electron chi connectivity index (χ2n) is 7.32. The van der Waals surface area contributed by atoms with E-state index >= 15 is 4.39 Å². The number of sulfone groups is 1. The van der Waals surface area contributed by atoms with Gasteiger partial charge in [-0.2, -0.15) is 0 Å². The molecular weight excluding hydrogens is 442 g/mol. The van der Waals surface area contributed by atoms with Gasteiger partial charge in [-0.25, -0.2) is 30.8 Å². The van der Waals surface area contributed by atoms with Crippen molar-refractivity contribution in [2.75, 3.05) is 24.8 Å². The number of anilines is 1. The molecule has 0 heterocycles. The van der Waals surface area contributed by atoms with Crippen LogP contribution in [0.25, 0.3) is 0 Å². The number of methoxy groups -OCH3 is 1. The van der Waals surface area contributed by atoms with E-state index in [1.807, 2.05) is 0 Å². The molecule has 0 spiro atoms. The van der Waals surface area contributed by atoms with Gasteiger partial charge in [0.1, 0.15) is 4.90 Å². The molecule has 1 aromatic carbocycles. The first-order valence-corrected chi connectivity index (χ1v) is 13.0. The van der Waals surface area contributed by atoms with Crippen molar-refractivity contribution >= 4 is 25.5 Å². The Hall–Kier alpha value is -1.50. The first-order valence-electron chi connectivity index (χ1n) is 9.76. The van der Waals surface area contributed by atoms with Gasteiger partial charge in [-0.1, -0.05) is 32.1 Å². The Morgan fingerprint density at radius 2 is 1.60 bits per heavy atom. The molecule has 0 bridgehead atoms. The van der Waals surface area contributed by atoms with Crippen LogP contribution in [0.15, 0.2) is 9.79 Å². The van der Waals surface area contributed by atoms with E-state index in [0.717, 1.165) is 39.2 Å². The molecule has 4 N–H and O–H groups in total. The summed E-state index contributed by atoms with van der Waals surface area (Å²) in [5.41, 5.74) is -0.666. The van der Waals surface area contributed by atoms with Gasteiger partial charge in [0.25, 0.3) is 0 Å². The molecule has 1 aromatic rings. The molecule has 172 valence electrons. The number of hydrogen-bond acceptors (Lipinski definition) is 7. The highest BCUT2D eigenvalue weighted by atomic mass is 32.2. The first kappa shape index (κ1) is 24.8. The highest BCUT2D eigenvalue weighted by Crippen LogP contribution is 2.42. The summed E-state index contributed by atoms with van der Waals surface area (Å²) in [7, 11) is -8.24. The number of aliphatic hydroxyl groups excluding tert-OH is 1. The standard InChI is InChI=1S/C18H28F2N2O6S2/c1-28-16-14(20)17(30(21,26)27)13(19)15(18(16)29(24,25)11-7-10-23)22-12-8-5-3-2-4-6-9-12/h12,22-23H,2-11H2,1H3,(H2,21,26,27). The Morgan fingerprint density at radius 3 is 2.10 bits per heavy atom. The van der Waals surface area contributed by atoms with Crippen LogP contribution in [0.3, 0.4) is 0 Å². The fraction of sp³-hybridized carbons (Fsp3) is 0.667. The molecule has 0 atom stereocenters. The summed E-state index contributed by atoms with van der Waals surface area (Å²) in [6.07, 6.45) is 5.71. The second-order valence-corrected chi connectivity index (χ2v) is 10.9. The lowest BCUT2D eigenvalue weighted by molar-refractivity contribution is 0.295. The molecule has 2 rings (SSSR count). The monoisotopic (exact) mass is 470 g/mol. The zero-order valence-corrected chi connectivity index (χ0v) is 18.4. The minimum Gasteiger partial charge on any atom is -0.492 e. The molecule has 12 heteroatoms. The highest BCUT2D eigenvalue weighted by Gasteiger charge is 2.37. The van der Waals surface area contributed by atoms with Gasteiger partial charge < -0.3 is 15.2 Å². The van der Waals surface area contributed by atoms with E-state index in [0.29, 0.717) is 12.8 Å². The molecule has 0 saturated heterocycles. The smallest absolute Gasteiger partial charge is 0.244 e. The Balaban J connectivity index is 2.74. The second kappa shape index (κ2) is 10.2. The quantitative estimate of drug-likeness (QED) is 0.530. The summed E-state index contributed by atoms with van der Waals surface area (Å²) in [6, 6.07) is -0.338. The van der Waals surface area contributed by atoms with Crippen LogP contribution < -0.4 is 15.2 Å². The van der Waals surface area contributed by atoms with Crippen molar-refractivity contribution in [3.05, 3.63) is 11.6 Å². The largest absolute Gasteiger partial charge is 0.492 e. The number of nitrogens with two attached hydrogens (primary N) is 1. The van der Waals surface area contributed by atoms with E-state index in [4.69, 9.17) is 15.0 Å². The Morgan fingerprint density at radius 1 is 1.03 bits per heavy atom. The van der Waals surface area contributed by atoms with Crippen LogP contribution in [0.1, 0.15) is 51.4 Å². The van der Waals surface area contributed by atoms with Gasteiger partial charge in [0.15, 0.2) is 32.1 Å². The van der Waals surface area contributed by atoms with Crippen LogP contribution in [0, 0.1) is 11.6 Å². The molecule has 0 unspecified atom stereocenters. The first-order chi connectivity index (χ1) is 14.0. The van der Waals surface area contributed by atoms with Crippen molar-refractivity contribution in [2.24, 2.45) is 5.14 Å². The Kier molecular flexibility index (Phi) is 8.43. The van der Waals surface area contributed by atoms with E-state index in [2.05, 4.69) is 5.32 Å². The Labute approximate surface area is 175 Å². The minimum absolute atomic E-state index is 0.172. The van der Waals surface area contributed by atoms with Gasteiger partial charge in [-0.05, 0) is 19.3 Å². The average molecular weight is 471 g/mol. The molecule has 8 nitrogen and oxygen atoms in total. The summed E-state index contributed by atoms with van der Waals surface area (Å²) in [5.74, 6) is -4.83. The van der Waals surface area contributed by atoms with E-state index in [9.17, 15) is 21.2 Å². The third kappa shape index (κ3) is 5.59. The molecule has 0 radical (unpaired) electrons. The molecule has 1 aliphatic carbocycles.